The molecule has 0 aliphatic heterocycles. The number of hydrogen-bond acceptors (Lipinski definition) is 3. The molecule has 0 bridgehead atoms. The fourth-order valence-corrected chi connectivity index (χ4v) is 2.51. The number of carbonyl (C=O) groups is 1. The molecule has 23 heavy (non-hydrogen) atoms. The zero-order chi connectivity index (χ0) is 17.1. The summed E-state index contributed by atoms with van der Waals surface area (Å²) in [5.74, 6) is -1.10. The molecule has 2 aromatic rings. The van der Waals surface area contributed by atoms with Gasteiger partial charge in [-0.3, -0.25) is 14.9 Å². The van der Waals surface area contributed by atoms with E-state index >= 15 is 0 Å². The van der Waals surface area contributed by atoms with E-state index in [9.17, 15) is 19.3 Å². The molecule has 0 aliphatic carbocycles. The van der Waals surface area contributed by atoms with Crippen LogP contribution in [0.1, 0.15) is 28.9 Å². The van der Waals surface area contributed by atoms with Crippen molar-refractivity contribution < 1.29 is 14.1 Å². The highest BCUT2D eigenvalue weighted by Crippen LogP contribution is 2.28. The molecule has 0 aliphatic rings. The second-order valence-corrected chi connectivity index (χ2v) is 5.60. The quantitative estimate of drug-likeness (QED) is 0.496. The Morgan fingerprint density at radius 3 is 2.39 bits per heavy atom. The van der Waals surface area contributed by atoms with Gasteiger partial charge in [-0.15, -0.1) is 0 Å². The minimum absolute atomic E-state index is 0.104. The van der Waals surface area contributed by atoms with Crippen molar-refractivity contribution in [3.05, 3.63) is 73.5 Å². The summed E-state index contributed by atoms with van der Waals surface area (Å²) in [6.07, 6.45) is 0. The fourth-order valence-electron chi connectivity index (χ4n) is 1.96. The molecular formula is C15H11Cl2FN2O3. The maximum absolute atomic E-state index is 13.5. The summed E-state index contributed by atoms with van der Waals surface area (Å²) in [5, 5.41) is 13.4. The Morgan fingerprint density at radius 2 is 1.83 bits per heavy atom. The number of hydrogen-bond donors (Lipinski definition) is 1. The molecule has 8 heteroatoms. The molecule has 0 heterocycles. The summed E-state index contributed by atoms with van der Waals surface area (Å²) < 4.78 is 13.5. The van der Waals surface area contributed by atoms with Crippen molar-refractivity contribution in [2.75, 3.05) is 0 Å². The zero-order valence-corrected chi connectivity index (χ0v) is 13.4. The van der Waals surface area contributed by atoms with E-state index < -0.39 is 22.7 Å². The van der Waals surface area contributed by atoms with Crippen LogP contribution in [0.3, 0.4) is 0 Å². The number of carbonyl (C=O) groups excluding carboxylic acids is 1. The summed E-state index contributed by atoms with van der Waals surface area (Å²) in [4.78, 5) is 22.2. The molecule has 2 rings (SSSR count). The van der Waals surface area contributed by atoms with Crippen molar-refractivity contribution in [1.82, 2.24) is 5.32 Å². The van der Waals surface area contributed by atoms with Crippen molar-refractivity contribution in [1.29, 1.82) is 0 Å². The Morgan fingerprint density at radius 1 is 1.22 bits per heavy atom. The Balaban J connectivity index is 2.16. The van der Waals surface area contributed by atoms with E-state index in [4.69, 9.17) is 23.2 Å². The first-order valence-corrected chi connectivity index (χ1v) is 7.25. The number of non-ortho nitro benzene ring substituents is 1. The molecule has 0 spiro atoms. The first-order chi connectivity index (χ1) is 10.8. The Kier molecular flexibility index (Phi) is 5.18. The Labute approximate surface area is 141 Å². The molecule has 0 unspecified atom stereocenters. The molecule has 0 aromatic heterocycles. The van der Waals surface area contributed by atoms with Crippen LogP contribution in [-0.4, -0.2) is 10.8 Å². The van der Waals surface area contributed by atoms with Crippen LogP contribution in [-0.2, 0) is 0 Å². The maximum Gasteiger partial charge on any atom is 0.269 e. The van der Waals surface area contributed by atoms with Crippen LogP contribution in [0.4, 0.5) is 10.1 Å². The zero-order valence-electron chi connectivity index (χ0n) is 11.8. The molecular weight excluding hydrogens is 346 g/mol. The van der Waals surface area contributed by atoms with Crippen LogP contribution in [0.15, 0.2) is 36.4 Å². The lowest BCUT2D eigenvalue weighted by Crippen LogP contribution is -2.26. The van der Waals surface area contributed by atoms with Crippen LogP contribution in [0, 0.1) is 15.9 Å². The van der Waals surface area contributed by atoms with Crippen LogP contribution in [0.25, 0.3) is 0 Å². The fraction of sp³-hybridized carbons (Fsp3) is 0.133. The van der Waals surface area contributed by atoms with Crippen LogP contribution in [0.5, 0.6) is 0 Å². The van der Waals surface area contributed by atoms with E-state index in [0.29, 0.717) is 5.56 Å². The number of nitrogens with zero attached hydrogens (tertiary/aromatic N) is 1. The van der Waals surface area contributed by atoms with Crippen molar-refractivity contribution in [3.8, 4) is 0 Å². The second kappa shape index (κ2) is 6.93. The third kappa shape index (κ3) is 3.97. The minimum Gasteiger partial charge on any atom is -0.345 e. The molecule has 1 N–H and O–H groups in total. The molecule has 0 saturated carbocycles. The molecule has 0 fully saturated rings. The molecule has 0 radical (unpaired) electrons. The highest BCUT2D eigenvalue weighted by atomic mass is 35.5. The molecule has 5 nitrogen and oxygen atoms in total. The molecule has 120 valence electrons. The van der Waals surface area contributed by atoms with Crippen molar-refractivity contribution in [2.45, 2.75) is 13.0 Å². The number of amides is 1. The highest BCUT2D eigenvalue weighted by Gasteiger charge is 2.17. The average molecular weight is 357 g/mol. The van der Waals surface area contributed by atoms with E-state index in [1.807, 2.05) is 0 Å². The van der Waals surface area contributed by atoms with Gasteiger partial charge in [0.2, 0.25) is 0 Å². The summed E-state index contributed by atoms with van der Waals surface area (Å²) >= 11 is 11.6. The minimum atomic E-state index is -0.637. The van der Waals surface area contributed by atoms with Gasteiger partial charge in [0.25, 0.3) is 11.6 Å². The van der Waals surface area contributed by atoms with Gasteiger partial charge in [-0.05, 0) is 36.8 Å². The van der Waals surface area contributed by atoms with Crippen LogP contribution >= 0.6 is 23.2 Å². The molecule has 0 saturated heterocycles. The van der Waals surface area contributed by atoms with E-state index in [2.05, 4.69) is 5.32 Å². The van der Waals surface area contributed by atoms with Crippen molar-refractivity contribution in [2.24, 2.45) is 0 Å². The van der Waals surface area contributed by atoms with Gasteiger partial charge in [0.05, 0.1) is 16.0 Å². The van der Waals surface area contributed by atoms with Crippen LogP contribution < -0.4 is 5.32 Å². The molecule has 2 aromatic carbocycles. The number of rotatable bonds is 4. The predicted octanol–water partition coefficient (Wildman–Crippen LogP) is 4.53. The molecule has 1 amide bonds. The summed E-state index contributed by atoms with van der Waals surface area (Å²) in [7, 11) is 0. The van der Waals surface area contributed by atoms with Gasteiger partial charge in [-0.2, -0.15) is 0 Å². The normalized spacial score (nSPS) is 11.8. The van der Waals surface area contributed by atoms with Gasteiger partial charge < -0.3 is 5.32 Å². The summed E-state index contributed by atoms with van der Waals surface area (Å²) in [6.45, 7) is 1.64. The Hall–Kier alpha value is -2.18. The number of nitro groups is 1. The molecule has 1 atom stereocenters. The lowest BCUT2D eigenvalue weighted by Gasteiger charge is -2.16. The predicted molar refractivity (Wildman–Crippen MR) is 85.4 cm³/mol. The van der Waals surface area contributed by atoms with Gasteiger partial charge >= 0.3 is 0 Å². The smallest absolute Gasteiger partial charge is 0.269 e. The van der Waals surface area contributed by atoms with Gasteiger partial charge in [-0.1, -0.05) is 23.2 Å². The topological polar surface area (TPSA) is 72.2 Å². The number of nitro benzene ring substituents is 1. The van der Waals surface area contributed by atoms with Crippen molar-refractivity contribution in [3.63, 3.8) is 0 Å². The highest BCUT2D eigenvalue weighted by molar-refractivity contribution is 6.35. The third-order valence-electron chi connectivity index (χ3n) is 3.19. The first kappa shape index (κ1) is 17.2. The lowest BCUT2D eigenvalue weighted by molar-refractivity contribution is -0.384. The van der Waals surface area contributed by atoms with Gasteiger partial charge in [0, 0.05) is 22.7 Å². The van der Waals surface area contributed by atoms with Crippen LogP contribution in [0.2, 0.25) is 10.0 Å². The van der Waals surface area contributed by atoms with E-state index in [-0.39, 0.29) is 21.3 Å². The first-order valence-electron chi connectivity index (χ1n) is 6.49. The van der Waals surface area contributed by atoms with Gasteiger partial charge in [0.1, 0.15) is 5.82 Å². The second-order valence-electron chi connectivity index (χ2n) is 4.79. The monoisotopic (exact) mass is 356 g/mol. The third-order valence-corrected chi connectivity index (χ3v) is 3.81. The van der Waals surface area contributed by atoms with Gasteiger partial charge in [0.15, 0.2) is 0 Å². The van der Waals surface area contributed by atoms with E-state index in [0.717, 1.165) is 6.07 Å². The lowest BCUT2D eigenvalue weighted by atomic mass is 10.1. The van der Waals surface area contributed by atoms with Gasteiger partial charge in [-0.25, -0.2) is 4.39 Å². The SMILES string of the molecule is C[C@H](NC(=O)c1ccc([N+](=O)[O-])cc1)c1cc(F)c(Cl)cc1Cl. The Bertz CT molecular complexity index is 766. The number of halogens is 3. The maximum atomic E-state index is 13.5. The summed E-state index contributed by atoms with van der Waals surface area (Å²) in [6, 6.07) is 6.99. The average Bonchev–Trinajstić information content (AvgIpc) is 2.50. The standard InChI is InChI=1S/C15H11Cl2FN2O3/c1-8(11-6-14(18)13(17)7-12(11)16)19-15(21)9-2-4-10(5-3-9)20(22)23/h2-8H,1H3,(H,19,21)/t8-/m0/s1. The summed E-state index contributed by atoms with van der Waals surface area (Å²) in [5.41, 5.74) is 0.509. The van der Waals surface area contributed by atoms with E-state index in [1.165, 1.54) is 30.3 Å². The van der Waals surface area contributed by atoms with Crippen molar-refractivity contribution >= 4 is 34.8 Å². The number of nitrogens with one attached hydrogen (secondary N) is 1. The van der Waals surface area contributed by atoms with E-state index in [1.54, 1.807) is 6.92 Å². The largest absolute Gasteiger partial charge is 0.345 e. The number of benzene rings is 2.